The topological polar surface area (TPSA) is 15.3 Å². The highest BCUT2D eigenvalue weighted by atomic mass is 19.1. The number of nitrogens with one attached hydrogen (secondary N) is 1. The van der Waals surface area contributed by atoms with Crippen LogP contribution in [0.5, 0.6) is 0 Å². The molecule has 116 valence electrons. The van der Waals surface area contributed by atoms with E-state index in [0.29, 0.717) is 5.54 Å². The van der Waals surface area contributed by atoms with E-state index in [-0.39, 0.29) is 11.4 Å². The smallest absolute Gasteiger partial charge is 0.123 e. The molecule has 21 heavy (non-hydrogen) atoms. The van der Waals surface area contributed by atoms with Gasteiger partial charge in [-0.1, -0.05) is 18.9 Å². The first-order valence-electron chi connectivity index (χ1n) is 8.15. The highest BCUT2D eigenvalue weighted by molar-refractivity contribution is 5.27. The van der Waals surface area contributed by atoms with Crippen LogP contribution in [-0.2, 0) is 6.54 Å². The lowest BCUT2D eigenvalue weighted by Crippen LogP contribution is -2.66. The van der Waals surface area contributed by atoms with Crippen molar-refractivity contribution in [3.63, 3.8) is 0 Å². The molecular weight excluding hydrogens is 263 g/mol. The van der Waals surface area contributed by atoms with Crippen LogP contribution in [0.3, 0.4) is 0 Å². The van der Waals surface area contributed by atoms with Crippen LogP contribution in [-0.4, -0.2) is 29.1 Å². The van der Waals surface area contributed by atoms with Gasteiger partial charge in [0, 0.05) is 30.7 Å². The molecule has 0 atom stereocenters. The van der Waals surface area contributed by atoms with E-state index in [2.05, 4.69) is 24.1 Å². The molecule has 3 rings (SSSR count). The Kier molecular flexibility index (Phi) is 3.83. The van der Waals surface area contributed by atoms with Crippen molar-refractivity contribution < 1.29 is 4.39 Å². The van der Waals surface area contributed by atoms with E-state index in [4.69, 9.17) is 0 Å². The van der Waals surface area contributed by atoms with Crippen molar-refractivity contribution in [3.05, 3.63) is 35.1 Å². The largest absolute Gasteiger partial charge is 0.308 e. The summed E-state index contributed by atoms with van der Waals surface area (Å²) >= 11 is 0. The van der Waals surface area contributed by atoms with Crippen LogP contribution in [0.2, 0.25) is 0 Å². The van der Waals surface area contributed by atoms with Gasteiger partial charge in [-0.05, 0) is 56.9 Å². The molecule has 0 radical (unpaired) electrons. The van der Waals surface area contributed by atoms with Crippen molar-refractivity contribution in [1.82, 2.24) is 10.2 Å². The van der Waals surface area contributed by atoms with Crippen LogP contribution >= 0.6 is 0 Å². The second-order valence-corrected chi connectivity index (χ2v) is 7.58. The molecule has 1 N–H and O–H groups in total. The second kappa shape index (κ2) is 5.36. The Balaban J connectivity index is 1.80. The van der Waals surface area contributed by atoms with Crippen LogP contribution in [0.25, 0.3) is 0 Å². The number of rotatable bonds is 2. The third-order valence-corrected chi connectivity index (χ3v) is 5.47. The Hall–Kier alpha value is -0.930. The van der Waals surface area contributed by atoms with Crippen molar-refractivity contribution in [3.8, 4) is 0 Å². The van der Waals surface area contributed by atoms with E-state index >= 15 is 0 Å². The first-order chi connectivity index (χ1) is 9.90. The number of hydrogen-bond acceptors (Lipinski definition) is 2. The summed E-state index contributed by atoms with van der Waals surface area (Å²) in [7, 11) is 0. The molecule has 0 bridgehead atoms. The summed E-state index contributed by atoms with van der Waals surface area (Å²) in [6.45, 7) is 9.69. The first kappa shape index (κ1) is 15.0. The van der Waals surface area contributed by atoms with Crippen LogP contribution in [0.1, 0.15) is 50.7 Å². The van der Waals surface area contributed by atoms with Gasteiger partial charge in [-0.15, -0.1) is 0 Å². The Morgan fingerprint density at radius 2 is 1.95 bits per heavy atom. The van der Waals surface area contributed by atoms with Gasteiger partial charge in [-0.25, -0.2) is 4.39 Å². The van der Waals surface area contributed by atoms with Gasteiger partial charge >= 0.3 is 0 Å². The summed E-state index contributed by atoms with van der Waals surface area (Å²) in [6, 6.07) is 5.18. The maximum Gasteiger partial charge on any atom is 0.123 e. The molecule has 0 unspecified atom stereocenters. The molecule has 1 saturated carbocycles. The average molecular weight is 290 g/mol. The van der Waals surface area contributed by atoms with Crippen LogP contribution < -0.4 is 5.32 Å². The molecule has 3 heteroatoms. The molecule has 1 aromatic carbocycles. The van der Waals surface area contributed by atoms with Crippen LogP contribution in [0.4, 0.5) is 4.39 Å². The van der Waals surface area contributed by atoms with Gasteiger partial charge in [-0.2, -0.15) is 0 Å². The van der Waals surface area contributed by atoms with Crippen molar-refractivity contribution in [2.45, 2.75) is 64.1 Å². The predicted octanol–water partition coefficient (Wildman–Crippen LogP) is 3.63. The van der Waals surface area contributed by atoms with Crippen LogP contribution in [0, 0.1) is 12.7 Å². The van der Waals surface area contributed by atoms with E-state index in [0.717, 1.165) is 25.2 Å². The Morgan fingerprint density at radius 1 is 1.24 bits per heavy atom. The molecule has 1 saturated heterocycles. The Bertz CT molecular complexity index is 518. The normalized spacial score (nSPS) is 24.6. The third kappa shape index (κ3) is 3.00. The minimum absolute atomic E-state index is 0.136. The molecule has 2 nitrogen and oxygen atoms in total. The molecule has 1 spiro atoms. The lowest BCUT2D eigenvalue weighted by atomic mass is 9.87. The third-order valence-electron chi connectivity index (χ3n) is 5.47. The number of hydrogen-bond donors (Lipinski definition) is 1. The standard InChI is InChI=1S/C18H27FN2/c1-14-10-16(19)7-6-15(14)11-21-13-18(8-4-5-9-18)20-12-17(21,2)3/h6-7,10,20H,4-5,8-9,11-13H2,1-3H3. The maximum atomic E-state index is 13.3. The van der Waals surface area contributed by atoms with E-state index in [9.17, 15) is 4.39 Å². The van der Waals surface area contributed by atoms with E-state index in [1.165, 1.54) is 31.2 Å². The molecule has 1 aliphatic carbocycles. The zero-order valence-electron chi connectivity index (χ0n) is 13.5. The van der Waals surface area contributed by atoms with Gasteiger partial charge in [0.25, 0.3) is 0 Å². The number of halogens is 1. The monoisotopic (exact) mass is 290 g/mol. The SMILES string of the molecule is Cc1cc(F)ccc1CN1CC2(CCCC2)NCC1(C)C. The lowest BCUT2D eigenvalue weighted by Gasteiger charge is -2.51. The van der Waals surface area contributed by atoms with Crippen molar-refractivity contribution in [2.24, 2.45) is 0 Å². The maximum absolute atomic E-state index is 13.3. The fraction of sp³-hybridized carbons (Fsp3) is 0.667. The highest BCUT2D eigenvalue weighted by Gasteiger charge is 2.44. The first-order valence-corrected chi connectivity index (χ1v) is 8.15. The molecule has 0 amide bonds. The van der Waals surface area contributed by atoms with Gasteiger partial charge < -0.3 is 5.32 Å². The summed E-state index contributed by atoms with van der Waals surface area (Å²) in [5, 5.41) is 3.82. The summed E-state index contributed by atoms with van der Waals surface area (Å²) < 4.78 is 13.3. The van der Waals surface area contributed by atoms with Crippen molar-refractivity contribution in [2.75, 3.05) is 13.1 Å². The second-order valence-electron chi connectivity index (χ2n) is 7.58. The highest BCUT2D eigenvalue weighted by Crippen LogP contribution is 2.36. The Labute approximate surface area is 127 Å². The molecule has 0 aromatic heterocycles. The van der Waals surface area contributed by atoms with Gasteiger partial charge in [0.05, 0.1) is 0 Å². The minimum Gasteiger partial charge on any atom is -0.308 e. The minimum atomic E-state index is -0.136. The van der Waals surface area contributed by atoms with E-state index < -0.39 is 0 Å². The van der Waals surface area contributed by atoms with E-state index in [1.54, 1.807) is 12.1 Å². The van der Waals surface area contributed by atoms with Gasteiger partial charge in [0.15, 0.2) is 0 Å². The Morgan fingerprint density at radius 3 is 2.62 bits per heavy atom. The van der Waals surface area contributed by atoms with Gasteiger partial charge in [0.1, 0.15) is 5.82 Å². The fourth-order valence-electron chi connectivity index (χ4n) is 3.85. The van der Waals surface area contributed by atoms with Gasteiger partial charge in [-0.3, -0.25) is 4.90 Å². The zero-order valence-corrected chi connectivity index (χ0v) is 13.5. The van der Waals surface area contributed by atoms with Crippen LogP contribution in [0.15, 0.2) is 18.2 Å². The number of benzene rings is 1. The summed E-state index contributed by atoms with van der Waals surface area (Å²) in [5.41, 5.74) is 2.78. The van der Waals surface area contributed by atoms with Crippen molar-refractivity contribution in [1.29, 1.82) is 0 Å². The number of piperazine rings is 1. The molecule has 2 aliphatic rings. The lowest BCUT2D eigenvalue weighted by molar-refractivity contribution is 0.0216. The molecule has 2 fully saturated rings. The van der Waals surface area contributed by atoms with Gasteiger partial charge in [0.2, 0.25) is 0 Å². The molecule has 1 aliphatic heterocycles. The quantitative estimate of drug-likeness (QED) is 0.895. The molecule has 1 heterocycles. The fourth-order valence-corrected chi connectivity index (χ4v) is 3.85. The summed E-state index contributed by atoms with van der Waals surface area (Å²) in [5.74, 6) is -0.136. The zero-order chi connectivity index (χ0) is 15.1. The predicted molar refractivity (Wildman–Crippen MR) is 84.8 cm³/mol. The molecule has 1 aromatic rings. The average Bonchev–Trinajstić information content (AvgIpc) is 2.86. The molecular formula is C18H27FN2. The van der Waals surface area contributed by atoms with E-state index in [1.807, 2.05) is 13.0 Å². The number of aryl methyl sites for hydroxylation is 1. The summed E-state index contributed by atoms with van der Waals surface area (Å²) in [4.78, 5) is 2.59. The van der Waals surface area contributed by atoms with Crippen molar-refractivity contribution >= 4 is 0 Å². The summed E-state index contributed by atoms with van der Waals surface area (Å²) in [6.07, 6.45) is 5.28. The number of nitrogens with zero attached hydrogens (tertiary/aromatic N) is 1.